The number of imidazole rings is 1. The maximum absolute atomic E-state index is 14.6. The van der Waals surface area contributed by atoms with Gasteiger partial charge in [0.25, 0.3) is 6.43 Å². The van der Waals surface area contributed by atoms with Gasteiger partial charge in [-0.15, -0.1) is 0 Å². The standard InChI is InChI=1S/C31H45F2N9O4/c1-31(2,3)46-30(43)41-14-11-21(12-15-41)39(6)27-35-28(40-16-19-44-20-17-40)37-29(36-27)42-22-9-7-10-23(45-18-8-13-38(4)5)24(22)34-26(42)25(32)33/h7,9-10,21,25H,8,11-20H2,1-6H3. The number of hydrogen-bond acceptors (Lipinski definition) is 11. The van der Waals surface area contributed by atoms with Crippen LogP contribution >= 0.6 is 0 Å². The molecule has 0 radical (unpaired) electrons. The summed E-state index contributed by atoms with van der Waals surface area (Å²) in [6.45, 7) is 9.92. The number of amides is 1. The number of rotatable bonds is 10. The van der Waals surface area contributed by atoms with Crippen LogP contribution in [0.5, 0.6) is 5.75 Å². The lowest BCUT2D eigenvalue weighted by Gasteiger charge is -2.37. The van der Waals surface area contributed by atoms with Gasteiger partial charge < -0.3 is 33.8 Å². The number of morpholine rings is 1. The van der Waals surface area contributed by atoms with Crippen LogP contribution in [0.2, 0.25) is 0 Å². The molecule has 0 N–H and O–H groups in total. The van der Waals surface area contributed by atoms with Gasteiger partial charge in [0.1, 0.15) is 16.9 Å². The van der Waals surface area contributed by atoms with Gasteiger partial charge in [-0.2, -0.15) is 15.0 Å². The Morgan fingerprint density at radius 1 is 1.02 bits per heavy atom. The molecule has 1 aromatic carbocycles. The van der Waals surface area contributed by atoms with E-state index < -0.39 is 17.9 Å². The monoisotopic (exact) mass is 645 g/mol. The van der Waals surface area contributed by atoms with Crippen molar-refractivity contribution in [3.05, 3.63) is 24.0 Å². The molecule has 2 aliphatic rings. The largest absolute Gasteiger partial charge is 0.491 e. The second-order valence-corrected chi connectivity index (χ2v) is 12.9. The van der Waals surface area contributed by atoms with Gasteiger partial charge in [0.05, 0.1) is 25.3 Å². The van der Waals surface area contributed by atoms with Crippen molar-refractivity contribution in [2.24, 2.45) is 0 Å². The van der Waals surface area contributed by atoms with Crippen molar-refractivity contribution in [3.63, 3.8) is 0 Å². The summed E-state index contributed by atoms with van der Waals surface area (Å²) < 4.78 is 47.6. The summed E-state index contributed by atoms with van der Waals surface area (Å²) in [7, 11) is 5.85. The van der Waals surface area contributed by atoms with Crippen molar-refractivity contribution in [2.45, 2.75) is 58.1 Å². The number of para-hydroxylation sites is 1. The molecule has 2 aliphatic heterocycles. The first-order valence-corrected chi connectivity index (χ1v) is 15.8. The van der Waals surface area contributed by atoms with Gasteiger partial charge in [0, 0.05) is 45.8 Å². The topological polar surface area (TPSA) is 114 Å². The van der Waals surface area contributed by atoms with Crippen LogP contribution < -0.4 is 14.5 Å². The predicted octanol–water partition coefficient (Wildman–Crippen LogP) is 4.15. The summed E-state index contributed by atoms with van der Waals surface area (Å²) in [5, 5.41) is 0. The number of nitrogens with zero attached hydrogens (tertiary/aromatic N) is 9. The lowest BCUT2D eigenvalue weighted by atomic mass is 10.0. The van der Waals surface area contributed by atoms with Crippen LogP contribution in [0.15, 0.2) is 18.2 Å². The Kier molecular flexibility index (Phi) is 10.4. The third kappa shape index (κ3) is 7.92. The summed E-state index contributed by atoms with van der Waals surface area (Å²) in [5.74, 6) is 0.721. The number of halogens is 2. The van der Waals surface area contributed by atoms with Gasteiger partial charge in [-0.1, -0.05) is 6.07 Å². The predicted molar refractivity (Wildman–Crippen MR) is 170 cm³/mol. The van der Waals surface area contributed by atoms with Gasteiger partial charge in [0.15, 0.2) is 5.82 Å². The molecule has 252 valence electrons. The van der Waals surface area contributed by atoms with E-state index >= 15 is 0 Å². The summed E-state index contributed by atoms with van der Waals surface area (Å²) in [4.78, 5) is 38.9. The van der Waals surface area contributed by atoms with Crippen LogP contribution in [-0.2, 0) is 9.47 Å². The normalized spacial score (nSPS) is 16.5. The minimum absolute atomic E-state index is 0.00254. The molecule has 15 heteroatoms. The number of piperidine rings is 1. The lowest BCUT2D eigenvalue weighted by Crippen LogP contribution is -2.47. The Labute approximate surface area is 268 Å². The van der Waals surface area contributed by atoms with Gasteiger partial charge in [-0.05, 0) is 66.3 Å². The number of aromatic nitrogens is 5. The van der Waals surface area contributed by atoms with E-state index in [1.165, 1.54) is 4.57 Å². The molecule has 46 heavy (non-hydrogen) atoms. The molecular weight excluding hydrogens is 600 g/mol. The van der Waals surface area contributed by atoms with Crippen LogP contribution in [0.25, 0.3) is 17.0 Å². The van der Waals surface area contributed by atoms with Crippen molar-refractivity contribution in [1.29, 1.82) is 0 Å². The third-order valence-electron chi connectivity index (χ3n) is 7.95. The quantitative estimate of drug-likeness (QED) is 0.296. The number of likely N-dealkylation sites (tertiary alicyclic amines) is 1. The number of hydrogen-bond donors (Lipinski definition) is 0. The van der Waals surface area contributed by atoms with E-state index in [2.05, 4.69) is 9.88 Å². The molecule has 0 unspecified atom stereocenters. The first-order valence-electron chi connectivity index (χ1n) is 15.8. The summed E-state index contributed by atoms with van der Waals surface area (Å²) >= 11 is 0. The zero-order valence-electron chi connectivity index (χ0n) is 27.6. The molecule has 2 aromatic heterocycles. The number of fused-ring (bicyclic) bond motifs is 1. The molecule has 0 spiro atoms. The van der Waals surface area contributed by atoms with E-state index in [1.807, 2.05) is 51.7 Å². The van der Waals surface area contributed by atoms with Gasteiger partial charge in [0.2, 0.25) is 17.8 Å². The highest BCUT2D eigenvalue weighted by Gasteiger charge is 2.31. The molecule has 0 bridgehead atoms. The van der Waals surface area contributed by atoms with Crippen molar-refractivity contribution in [1.82, 2.24) is 34.3 Å². The third-order valence-corrected chi connectivity index (χ3v) is 7.95. The Morgan fingerprint density at radius 3 is 2.37 bits per heavy atom. The Hall–Kier alpha value is -3.85. The minimum atomic E-state index is -2.89. The van der Waals surface area contributed by atoms with Crippen molar-refractivity contribution in [2.75, 3.05) is 83.5 Å². The fourth-order valence-corrected chi connectivity index (χ4v) is 5.56. The SMILES string of the molecule is CN(C)CCCOc1cccc2c1nc(C(F)F)n2-c1nc(N2CCOCC2)nc(N(C)C2CCN(C(=O)OC(C)(C)C)CC2)n1. The molecule has 4 heterocycles. The lowest BCUT2D eigenvalue weighted by molar-refractivity contribution is 0.0205. The Morgan fingerprint density at radius 2 is 1.72 bits per heavy atom. The molecule has 2 fully saturated rings. The zero-order valence-corrected chi connectivity index (χ0v) is 27.6. The number of benzene rings is 1. The molecule has 2 saturated heterocycles. The Bertz CT molecular complexity index is 1480. The highest BCUT2D eigenvalue weighted by Crippen LogP contribution is 2.33. The fourth-order valence-electron chi connectivity index (χ4n) is 5.56. The summed E-state index contributed by atoms with van der Waals surface area (Å²) in [5.41, 5.74) is 0.161. The molecule has 0 atom stereocenters. The number of ether oxygens (including phenoxy) is 3. The number of anilines is 2. The second-order valence-electron chi connectivity index (χ2n) is 12.9. The second kappa shape index (κ2) is 14.3. The van der Waals surface area contributed by atoms with Crippen LogP contribution in [0.4, 0.5) is 25.5 Å². The molecule has 1 amide bonds. The van der Waals surface area contributed by atoms with Crippen molar-refractivity contribution in [3.8, 4) is 11.7 Å². The summed E-state index contributed by atoms with van der Waals surface area (Å²) in [6, 6.07) is 5.21. The molecule has 0 saturated carbocycles. The van der Waals surface area contributed by atoms with Gasteiger partial charge >= 0.3 is 6.09 Å². The highest BCUT2D eigenvalue weighted by molar-refractivity contribution is 5.84. The van der Waals surface area contributed by atoms with E-state index in [-0.39, 0.29) is 18.1 Å². The average Bonchev–Trinajstić information content (AvgIpc) is 3.43. The van der Waals surface area contributed by atoms with Crippen molar-refractivity contribution < 1.29 is 27.8 Å². The fraction of sp³-hybridized carbons (Fsp3) is 0.645. The Balaban J connectivity index is 1.48. The van der Waals surface area contributed by atoms with Crippen LogP contribution in [0.3, 0.4) is 0 Å². The first-order chi connectivity index (χ1) is 21.9. The molecule has 0 aliphatic carbocycles. The maximum Gasteiger partial charge on any atom is 0.410 e. The summed E-state index contributed by atoms with van der Waals surface area (Å²) in [6.07, 6.45) is -1.13. The van der Waals surface area contributed by atoms with Crippen molar-refractivity contribution >= 4 is 29.0 Å². The first kappa shape index (κ1) is 33.5. The van der Waals surface area contributed by atoms with E-state index in [4.69, 9.17) is 29.2 Å². The van der Waals surface area contributed by atoms with E-state index in [1.54, 1.807) is 23.1 Å². The minimum Gasteiger partial charge on any atom is -0.491 e. The average molecular weight is 646 g/mol. The van der Waals surface area contributed by atoms with Crippen LogP contribution in [0, 0.1) is 0 Å². The smallest absolute Gasteiger partial charge is 0.410 e. The molecule has 13 nitrogen and oxygen atoms in total. The van der Waals surface area contributed by atoms with Gasteiger partial charge in [-0.3, -0.25) is 4.57 Å². The molecule has 3 aromatic rings. The maximum atomic E-state index is 14.6. The molecule has 5 rings (SSSR count). The number of carbonyl (C=O) groups is 1. The van der Waals surface area contributed by atoms with Crippen LogP contribution in [-0.4, -0.2) is 126 Å². The van der Waals surface area contributed by atoms with E-state index in [9.17, 15) is 13.6 Å². The van der Waals surface area contributed by atoms with Gasteiger partial charge in [-0.25, -0.2) is 18.6 Å². The highest BCUT2D eigenvalue weighted by atomic mass is 19.3. The van der Waals surface area contributed by atoms with Crippen LogP contribution in [0.1, 0.15) is 52.3 Å². The van der Waals surface area contributed by atoms with E-state index in [0.29, 0.717) is 87.5 Å². The van der Waals surface area contributed by atoms with E-state index in [0.717, 1.165) is 13.0 Å². The molecular formula is C31H45F2N9O4. The number of carbonyl (C=O) groups excluding carboxylic acids is 1. The zero-order chi connectivity index (χ0) is 33.0. The number of alkyl halides is 2.